The summed E-state index contributed by atoms with van der Waals surface area (Å²) in [5, 5.41) is 16.4. The fraction of sp³-hybridized carbons (Fsp3) is 0.636. The fourth-order valence-corrected chi connectivity index (χ4v) is 3.92. The topological polar surface area (TPSA) is 87.8 Å². The number of nitrogens with one attached hydrogen (secondary N) is 1. The lowest BCUT2D eigenvalue weighted by atomic mass is 10.1. The summed E-state index contributed by atoms with van der Waals surface area (Å²) in [6, 6.07) is 1.97. The Bertz CT molecular complexity index is 597. The van der Waals surface area contributed by atoms with E-state index in [0.717, 1.165) is 6.42 Å². The average molecular weight is 268 g/mol. The minimum absolute atomic E-state index is 0.127. The van der Waals surface area contributed by atoms with E-state index in [1.54, 1.807) is 18.7 Å². The van der Waals surface area contributed by atoms with Crippen molar-refractivity contribution in [1.82, 2.24) is 9.78 Å². The van der Waals surface area contributed by atoms with E-state index < -0.39 is 9.84 Å². The Morgan fingerprint density at radius 1 is 1.56 bits per heavy atom. The van der Waals surface area contributed by atoms with Gasteiger partial charge in [-0.15, -0.1) is 0 Å². The molecule has 1 N–H and O–H groups in total. The molecule has 18 heavy (non-hydrogen) atoms. The van der Waals surface area contributed by atoms with Crippen molar-refractivity contribution in [2.45, 2.75) is 25.8 Å². The number of nitrogens with zero attached hydrogens (tertiary/aromatic N) is 3. The largest absolute Gasteiger partial charge is 0.365 e. The van der Waals surface area contributed by atoms with Gasteiger partial charge in [0.05, 0.1) is 17.2 Å². The maximum absolute atomic E-state index is 11.6. The van der Waals surface area contributed by atoms with Crippen LogP contribution in [0.1, 0.15) is 24.1 Å². The van der Waals surface area contributed by atoms with Gasteiger partial charge in [0, 0.05) is 13.1 Å². The number of sulfone groups is 1. The van der Waals surface area contributed by atoms with Crippen LogP contribution in [-0.2, 0) is 16.9 Å². The molecule has 1 atom stereocenters. The van der Waals surface area contributed by atoms with Gasteiger partial charge in [0.15, 0.2) is 9.84 Å². The van der Waals surface area contributed by atoms with Crippen molar-refractivity contribution < 1.29 is 8.42 Å². The average Bonchev–Trinajstić information content (AvgIpc) is 2.52. The molecule has 1 aromatic rings. The summed E-state index contributed by atoms with van der Waals surface area (Å²) in [6.45, 7) is 1.77. The first-order chi connectivity index (χ1) is 8.43. The molecule has 7 heteroatoms. The Kier molecular flexibility index (Phi) is 3.30. The van der Waals surface area contributed by atoms with Gasteiger partial charge in [0.2, 0.25) is 0 Å². The third-order valence-electron chi connectivity index (χ3n) is 3.14. The quantitative estimate of drug-likeness (QED) is 0.848. The first-order valence-corrected chi connectivity index (χ1v) is 7.66. The van der Waals surface area contributed by atoms with Gasteiger partial charge in [-0.25, -0.2) is 8.42 Å². The molecule has 1 saturated heterocycles. The lowest BCUT2D eigenvalue weighted by molar-refractivity contribution is 0.560. The second-order valence-corrected chi connectivity index (χ2v) is 6.87. The van der Waals surface area contributed by atoms with Gasteiger partial charge >= 0.3 is 0 Å². The summed E-state index contributed by atoms with van der Waals surface area (Å²) in [5.74, 6) is 1.00. The van der Waals surface area contributed by atoms with Gasteiger partial charge < -0.3 is 5.32 Å². The molecule has 0 radical (unpaired) electrons. The summed E-state index contributed by atoms with van der Waals surface area (Å²) < 4.78 is 24.7. The molecule has 2 rings (SSSR count). The molecule has 1 aliphatic rings. The lowest BCUT2D eigenvalue weighted by Gasteiger charge is -2.23. The van der Waals surface area contributed by atoms with Crippen LogP contribution in [0, 0.1) is 18.3 Å². The van der Waals surface area contributed by atoms with Crippen molar-refractivity contribution in [3.05, 3.63) is 11.3 Å². The predicted molar refractivity (Wildman–Crippen MR) is 68.0 cm³/mol. The highest BCUT2D eigenvalue weighted by Crippen LogP contribution is 2.22. The van der Waals surface area contributed by atoms with E-state index >= 15 is 0 Å². The van der Waals surface area contributed by atoms with Gasteiger partial charge in [0.25, 0.3) is 0 Å². The number of hydrogen-bond acceptors (Lipinski definition) is 5. The van der Waals surface area contributed by atoms with Crippen molar-refractivity contribution in [1.29, 1.82) is 5.26 Å². The van der Waals surface area contributed by atoms with Crippen LogP contribution in [0.3, 0.4) is 0 Å². The van der Waals surface area contributed by atoms with Crippen LogP contribution in [0.15, 0.2) is 0 Å². The van der Waals surface area contributed by atoms with Crippen LogP contribution in [-0.4, -0.2) is 35.7 Å². The van der Waals surface area contributed by atoms with Gasteiger partial charge in [0.1, 0.15) is 17.5 Å². The second kappa shape index (κ2) is 4.61. The third kappa shape index (κ3) is 2.48. The molecule has 1 aliphatic heterocycles. The van der Waals surface area contributed by atoms with E-state index in [1.165, 1.54) is 0 Å². The number of hydrogen-bond donors (Lipinski definition) is 1. The van der Waals surface area contributed by atoms with Crippen molar-refractivity contribution in [3.63, 3.8) is 0 Å². The number of aryl methyl sites for hydroxylation is 2. The molecule has 0 aliphatic carbocycles. The molecule has 1 aromatic heterocycles. The number of anilines is 1. The Labute approximate surface area is 107 Å². The molecule has 0 bridgehead atoms. The van der Waals surface area contributed by atoms with Gasteiger partial charge in [-0.1, -0.05) is 0 Å². The molecule has 2 heterocycles. The predicted octanol–water partition coefficient (Wildman–Crippen LogP) is 0.589. The van der Waals surface area contributed by atoms with E-state index in [2.05, 4.69) is 16.5 Å². The molecule has 0 spiro atoms. The highest BCUT2D eigenvalue weighted by Gasteiger charge is 2.26. The molecular weight excluding hydrogens is 252 g/mol. The smallest absolute Gasteiger partial charge is 0.152 e. The van der Waals surface area contributed by atoms with Gasteiger partial charge in [-0.3, -0.25) is 4.68 Å². The van der Waals surface area contributed by atoms with Crippen LogP contribution in [0.25, 0.3) is 0 Å². The Balaban J connectivity index is 2.22. The standard InChI is InChI=1S/C11H16N4O2S/c1-8-10(6-12)11(15(2)14-8)13-9-4-3-5-18(16,17)7-9/h9,13H,3-5,7H2,1-2H3. The van der Waals surface area contributed by atoms with Crippen LogP contribution >= 0.6 is 0 Å². The zero-order valence-corrected chi connectivity index (χ0v) is 11.3. The summed E-state index contributed by atoms with van der Waals surface area (Å²) in [5.41, 5.74) is 1.14. The molecule has 0 saturated carbocycles. The Morgan fingerprint density at radius 3 is 2.89 bits per heavy atom. The first-order valence-electron chi connectivity index (χ1n) is 5.83. The van der Waals surface area contributed by atoms with Crippen molar-refractivity contribution >= 4 is 15.7 Å². The summed E-state index contributed by atoms with van der Waals surface area (Å²) in [4.78, 5) is 0. The van der Waals surface area contributed by atoms with E-state index in [-0.39, 0.29) is 17.5 Å². The molecule has 1 fully saturated rings. The molecule has 0 aromatic carbocycles. The van der Waals surface area contributed by atoms with Crippen LogP contribution in [0.5, 0.6) is 0 Å². The van der Waals surface area contributed by atoms with Crippen LogP contribution in [0.2, 0.25) is 0 Å². The SMILES string of the molecule is Cc1nn(C)c(NC2CCCS(=O)(=O)C2)c1C#N. The monoisotopic (exact) mass is 268 g/mol. The number of rotatable bonds is 2. The molecule has 0 amide bonds. The summed E-state index contributed by atoms with van der Waals surface area (Å²) in [7, 11) is -1.21. The van der Waals surface area contributed by atoms with Gasteiger partial charge in [-0.05, 0) is 19.8 Å². The summed E-state index contributed by atoms with van der Waals surface area (Å²) >= 11 is 0. The molecule has 6 nitrogen and oxygen atoms in total. The first kappa shape index (κ1) is 12.9. The zero-order valence-electron chi connectivity index (χ0n) is 10.5. The lowest BCUT2D eigenvalue weighted by Crippen LogP contribution is -2.35. The van der Waals surface area contributed by atoms with E-state index in [4.69, 9.17) is 5.26 Å². The van der Waals surface area contributed by atoms with Crippen LogP contribution in [0.4, 0.5) is 5.82 Å². The number of aromatic nitrogens is 2. The minimum atomic E-state index is -2.95. The number of nitriles is 1. The van der Waals surface area contributed by atoms with E-state index in [9.17, 15) is 8.42 Å². The third-order valence-corrected chi connectivity index (χ3v) is 4.96. The van der Waals surface area contributed by atoms with Crippen LogP contribution < -0.4 is 5.32 Å². The molecule has 98 valence electrons. The van der Waals surface area contributed by atoms with Crippen molar-refractivity contribution in [3.8, 4) is 6.07 Å². The zero-order chi connectivity index (χ0) is 13.3. The van der Waals surface area contributed by atoms with Gasteiger partial charge in [-0.2, -0.15) is 10.4 Å². The summed E-state index contributed by atoms with van der Waals surface area (Å²) in [6.07, 6.45) is 1.47. The highest BCUT2D eigenvalue weighted by molar-refractivity contribution is 7.91. The van der Waals surface area contributed by atoms with Crippen molar-refractivity contribution in [2.75, 3.05) is 16.8 Å². The van der Waals surface area contributed by atoms with E-state index in [0.29, 0.717) is 23.5 Å². The second-order valence-electron chi connectivity index (χ2n) is 4.64. The highest BCUT2D eigenvalue weighted by atomic mass is 32.2. The van der Waals surface area contributed by atoms with Crippen molar-refractivity contribution in [2.24, 2.45) is 7.05 Å². The van der Waals surface area contributed by atoms with E-state index in [1.807, 2.05) is 0 Å². The molecule has 1 unspecified atom stereocenters. The maximum Gasteiger partial charge on any atom is 0.152 e. The fourth-order valence-electron chi connectivity index (χ4n) is 2.29. The molecular formula is C11H16N4O2S. The maximum atomic E-state index is 11.6. The Hall–Kier alpha value is -1.55. The normalized spacial score (nSPS) is 22.4. The minimum Gasteiger partial charge on any atom is -0.365 e. The Morgan fingerprint density at radius 2 is 2.28 bits per heavy atom.